The number of rotatable bonds is 3. The van der Waals surface area contributed by atoms with E-state index >= 15 is 0 Å². The number of carbonyl (C=O) groups is 1. The third-order valence-corrected chi connectivity index (χ3v) is 4.47. The molecule has 0 bridgehead atoms. The molecule has 2 heterocycles. The number of nitrogens with zero attached hydrogens (tertiary/aromatic N) is 2. The van der Waals surface area contributed by atoms with Crippen molar-refractivity contribution in [1.29, 1.82) is 0 Å². The highest BCUT2D eigenvalue weighted by atomic mass is 32.1. The van der Waals surface area contributed by atoms with Gasteiger partial charge in [-0.1, -0.05) is 26.7 Å². The molecule has 1 aromatic rings. The predicted molar refractivity (Wildman–Crippen MR) is 84.9 cm³/mol. The fourth-order valence-electron chi connectivity index (χ4n) is 2.91. The van der Waals surface area contributed by atoms with Gasteiger partial charge in [0.25, 0.3) is 5.91 Å². The summed E-state index contributed by atoms with van der Waals surface area (Å²) in [5.41, 5.74) is 0.673. The molecule has 0 radical (unpaired) electrons. The van der Waals surface area contributed by atoms with E-state index in [0.29, 0.717) is 23.3 Å². The summed E-state index contributed by atoms with van der Waals surface area (Å²) >= 11 is 3.97. The number of piperidine rings is 1. The van der Waals surface area contributed by atoms with Gasteiger partial charge in [-0.25, -0.2) is 4.98 Å². The molecule has 1 aliphatic rings. The maximum atomic E-state index is 12.6. The van der Waals surface area contributed by atoms with Gasteiger partial charge in [0.1, 0.15) is 5.82 Å². The zero-order chi connectivity index (χ0) is 14.7. The fraction of sp³-hybridized carbons (Fsp3) is 0.600. The second-order valence-corrected chi connectivity index (χ2v) is 6.14. The van der Waals surface area contributed by atoms with E-state index in [1.54, 1.807) is 18.3 Å². The molecule has 1 aliphatic heterocycles. The summed E-state index contributed by atoms with van der Waals surface area (Å²) in [7, 11) is 0. The number of nitrogens with one attached hydrogen (secondary N) is 1. The summed E-state index contributed by atoms with van der Waals surface area (Å²) in [5, 5.41) is 0. The van der Waals surface area contributed by atoms with E-state index in [9.17, 15) is 4.79 Å². The minimum atomic E-state index is 0.0898. The highest BCUT2D eigenvalue weighted by molar-refractivity contribution is 7.81. The molecule has 0 spiro atoms. The largest absolute Gasteiger partial charge is 0.336 e. The molecular formula is C15H23N3OS. The normalized spacial score (nSPS) is 22.9. The van der Waals surface area contributed by atoms with Gasteiger partial charge in [0.05, 0.1) is 0 Å². The monoisotopic (exact) mass is 293 g/mol. The number of aromatic nitrogens is 1. The molecule has 1 N–H and O–H groups in total. The van der Waals surface area contributed by atoms with Crippen molar-refractivity contribution >= 4 is 24.5 Å². The van der Waals surface area contributed by atoms with Crippen molar-refractivity contribution in [2.75, 3.05) is 11.3 Å². The average Bonchev–Trinajstić information content (AvgIpc) is 2.46. The zero-order valence-electron chi connectivity index (χ0n) is 12.3. The third-order valence-electron chi connectivity index (χ3n) is 4.24. The van der Waals surface area contributed by atoms with Crippen LogP contribution in [0.15, 0.2) is 18.3 Å². The first-order valence-corrected chi connectivity index (χ1v) is 7.64. The molecule has 1 fully saturated rings. The van der Waals surface area contributed by atoms with Crippen molar-refractivity contribution in [3.8, 4) is 0 Å². The standard InChI is InChI=1S/C15H23N3OS/c1-10(2)12-5-7-18(11(3)8-12)15(19)13-4-6-16-14(9-13)17-20/h4,6,9-12,20H,5,7-8H2,1-3H3,(H,16,17). The van der Waals surface area contributed by atoms with Gasteiger partial charge in [0.2, 0.25) is 0 Å². The van der Waals surface area contributed by atoms with Crippen molar-refractivity contribution in [2.24, 2.45) is 11.8 Å². The Bertz CT molecular complexity index is 478. The average molecular weight is 293 g/mol. The van der Waals surface area contributed by atoms with E-state index in [2.05, 4.69) is 43.3 Å². The van der Waals surface area contributed by atoms with Crippen LogP contribution in [0.2, 0.25) is 0 Å². The molecule has 5 heteroatoms. The quantitative estimate of drug-likeness (QED) is 0.841. The predicted octanol–water partition coefficient (Wildman–Crippen LogP) is 3.24. The van der Waals surface area contributed by atoms with E-state index in [0.717, 1.165) is 25.3 Å². The van der Waals surface area contributed by atoms with Gasteiger partial charge in [0.15, 0.2) is 0 Å². The van der Waals surface area contributed by atoms with Crippen LogP contribution in [-0.4, -0.2) is 28.4 Å². The van der Waals surface area contributed by atoms with Crippen molar-refractivity contribution < 1.29 is 4.79 Å². The van der Waals surface area contributed by atoms with Crippen molar-refractivity contribution in [3.05, 3.63) is 23.9 Å². The van der Waals surface area contributed by atoms with Gasteiger partial charge in [0, 0.05) is 24.3 Å². The summed E-state index contributed by atoms with van der Waals surface area (Å²) in [4.78, 5) is 18.7. The van der Waals surface area contributed by atoms with Gasteiger partial charge < -0.3 is 9.62 Å². The molecule has 0 aliphatic carbocycles. The number of hydrogen-bond donors (Lipinski definition) is 2. The van der Waals surface area contributed by atoms with Gasteiger partial charge >= 0.3 is 0 Å². The van der Waals surface area contributed by atoms with Crippen LogP contribution in [-0.2, 0) is 0 Å². The number of thiol groups is 1. The molecule has 2 unspecified atom stereocenters. The summed E-state index contributed by atoms with van der Waals surface area (Å²) in [6.07, 6.45) is 3.82. The first-order valence-electron chi connectivity index (χ1n) is 7.20. The van der Waals surface area contributed by atoms with Crippen LogP contribution >= 0.6 is 12.8 Å². The molecule has 0 saturated carbocycles. The fourth-order valence-corrected chi connectivity index (χ4v) is 3.03. The zero-order valence-corrected chi connectivity index (χ0v) is 13.2. The van der Waals surface area contributed by atoms with Gasteiger partial charge in [-0.05, 0) is 43.7 Å². The second-order valence-electron chi connectivity index (χ2n) is 5.92. The summed E-state index contributed by atoms with van der Waals surface area (Å²) < 4.78 is 2.67. The molecule has 0 aromatic carbocycles. The Kier molecular flexibility index (Phi) is 4.91. The number of carbonyl (C=O) groups excluding carboxylic acids is 1. The number of amides is 1. The molecule has 4 nitrogen and oxygen atoms in total. The summed E-state index contributed by atoms with van der Waals surface area (Å²) in [6.45, 7) is 7.52. The van der Waals surface area contributed by atoms with Crippen molar-refractivity contribution in [1.82, 2.24) is 9.88 Å². The lowest BCUT2D eigenvalue weighted by atomic mass is 9.83. The van der Waals surface area contributed by atoms with Gasteiger partial charge in [-0.3, -0.25) is 4.79 Å². The van der Waals surface area contributed by atoms with Crippen LogP contribution in [0.25, 0.3) is 0 Å². The van der Waals surface area contributed by atoms with E-state index in [4.69, 9.17) is 0 Å². The van der Waals surface area contributed by atoms with E-state index in [1.165, 1.54) is 0 Å². The molecule has 2 atom stereocenters. The lowest BCUT2D eigenvalue weighted by Gasteiger charge is -2.39. The highest BCUT2D eigenvalue weighted by Crippen LogP contribution is 2.29. The molecule has 1 amide bonds. The number of pyridine rings is 1. The third kappa shape index (κ3) is 3.26. The van der Waals surface area contributed by atoms with Crippen LogP contribution in [0.3, 0.4) is 0 Å². The highest BCUT2D eigenvalue weighted by Gasteiger charge is 2.30. The Balaban J connectivity index is 2.09. The summed E-state index contributed by atoms with van der Waals surface area (Å²) in [5.74, 6) is 2.10. The Hall–Kier alpha value is -1.23. The Morgan fingerprint density at radius 1 is 1.55 bits per heavy atom. The molecule has 1 saturated heterocycles. The van der Waals surface area contributed by atoms with E-state index in [1.807, 2.05) is 4.90 Å². The second kappa shape index (κ2) is 6.48. The van der Waals surface area contributed by atoms with Crippen molar-refractivity contribution in [2.45, 2.75) is 39.7 Å². The van der Waals surface area contributed by atoms with E-state index < -0.39 is 0 Å². The first-order chi connectivity index (χ1) is 9.52. The number of anilines is 1. The van der Waals surface area contributed by atoms with E-state index in [-0.39, 0.29) is 5.91 Å². The maximum Gasteiger partial charge on any atom is 0.254 e. The number of hydrogen-bond acceptors (Lipinski definition) is 4. The van der Waals surface area contributed by atoms with Crippen LogP contribution in [0.1, 0.15) is 44.0 Å². The molecule has 20 heavy (non-hydrogen) atoms. The molecule has 1 aromatic heterocycles. The van der Waals surface area contributed by atoms with Crippen LogP contribution < -0.4 is 4.72 Å². The van der Waals surface area contributed by atoms with Crippen LogP contribution in [0.5, 0.6) is 0 Å². The minimum absolute atomic E-state index is 0.0898. The number of likely N-dealkylation sites (tertiary alicyclic amines) is 1. The Morgan fingerprint density at radius 3 is 2.90 bits per heavy atom. The summed E-state index contributed by atoms with van der Waals surface area (Å²) in [6, 6.07) is 3.80. The smallest absolute Gasteiger partial charge is 0.254 e. The topological polar surface area (TPSA) is 45.2 Å². The van der Waals surface area contributed by atoms with Crippen LogP contribution in [0, 0.1) is 11.8 Å². The first kappa shape index (κ1) is 15.2. The van der Waals surface area contributed by atoms with Gasteiger partial charge in [-0.2, -0.15) is 0 Å². The van der Waals surface area contributed by atoms with Crippen LogP contribution in [0.4, 0.5) is 5.82 Å². The molecule has 2 rings (SSSR count). The Labute approximate surface area is 126 Å². The van der Waals surface area contributed by atoms with Crippen molar-refractivity contribution in [3.63, 3.8) is 0 Å². The SMILES string of the molecule is CC(C)C1CCN(C(=O)c2ccnc(NS)c2)C(C)C1. The molecule has 110 valence electrons. The maximum absolute atomic E-state index is 12.6. The minimum Gasteiger partial charge on any atom is -0.336 e. The lowest BCUT2D eigenvalue weighted by molar-refractivity contribution is 0.0539. The van der Waals surface area contributed by atoms with Gasteiger partial charge in [-0.15, -0.1) is 0 Å². The lowest BCUT2D eigenvalue weighted by Crippen LogP contribution is -2.45. The molecular weight excluding hydrogens is 270 g/mol. The Morgan fingerprint density at radius 2 is 2.30 bits per heavy atom.